The number of amides is 1. The van der Waals surface area contributed by atoms with E-state index in [9.17, 15) is 18.0 Å². The van der Waals surface area contributed by atoms with Crippen molar-refractivity contribution in [2.45, 2.75) is 25.9 Å². The summed E-state index contributed by atoms with van der Waals surface area (Å²) in [5, 5.41) is 8.33. The number of fused-ring (bicyclic) bond motifs is 1. The summed E-state index contributed by atoms with van der Waals surface area (Å²) in [6, 6.07) is 9.32. The largest absolute Gasteiger partial charge is 0.433 e. The van der Waals surface area contributed by atoms with E-state index in [1.54, 1.807) is 50.5 Å². The van der Waals surface area contributed by atoms with Crippen LogP contribution in [0.3, 0.4) is 0 Å². The zero-order valence-corrected chi connectivity index (χ0v) is 16.8. The second kappa shape index (κ2) is 7.53. The highest BCUT2D eigenvalue weighted by molar-refractivity contribution is 5.92. The summed E-state index contributed by atoms with van der Waals surface area (Å²) in [5.41, 5.74) is 7.57. The van der Waals surface area contributed by atoms with E-state index in [-0.39, 0.29) is 11.3 Å². The lowest BCUT2D eigenvalue weighted by molar-refractivity contribution is -0.142. The Hall–Kier alpha value is -3.69. The van der Waals surface area contributed by atoms with Crippen molar-refractivity contribution in [3.63, 3.8) is 0 Å². The van der Waals surface area contributed by atoms with Gasteiger partial charge in [-0.1, -0.05) is 12.1 Å². The first kappa shape index (κ1) is 20.6. The van der Waals surface area contributed by atoms with Gasteiger partial charge in [0.05, 0.1) is 17.1 Å². The summed E-state index contributed by atoms with van der Waals surface area (Å²) in [6.45, 7) is 1.72. The van der Waals surface area contributed by atoms with Crippen LogP contribution in [0.1, 0.15) is 33.0 Å². The molecule has 0 radical (unpaired) electrons. The van der Waals surface area contributed by atoms with Crippen LogP contribution in [0, 0.1) is 6.92 Å². The number of hydrogen-bond donors (Lipinski definition) is 1. The molecule has 10 heteroatoms. The van der Waals surface area contributed by atoms with E-state index in [1.165, 1.54) is 4.68 Å². The van der Waals surface area contributed by atoms with Crippen molar-refractivity contribution in [3.8, 4) is 11.3 Å². The molecule has 0 fully saturated rings. The Morgan fingerprint density at radius 3 is 2.39 bits per heavy atom. The lowest BCUT2D eigenvalue weighted by Gasteiger charge is -2.10. The van der Waals surface area contributed by atoms with Crippen LogP contribution in [0.4, 0.5) is 13.2 Å². The summed E-state index contributed by atoms with van der Waals surface area (Å²) < 4.78 is 43.6. The molecule has 0 saturated carbocycles. The first-order valence-corrected chi connectivity index (χ1v) is 9.48. The number of hydrogen-bond acceptors (Lipinski definition) is 4. The lowest BCUT2D eigenvalue weighted by atomic mass is 10.1. The molecule has 160 valence electrons. The maximum absolute atomic E-state index is 13.7. The molecule has 1 amide bonds. The summed E-state index contributed by atoms with van der Waals surface area (Å²) >= 11 is 0. The summed E-state index contributed by atoms with van der Waals surface area (Å²) in [4.78, 5) is 15.6. The van der Waals surface area contributed by atoms with Crippen LogP contribution in [0.15, 0.2) is 42.6 Å². The van der Waals surface area contributed by atoms with Gasteiger partial charge < -0.3 is 5.73 Å². The second-order valence-electron chi connectivity index (χ2n) is 7.29. The fourth-order valence-corrected chi connectivity index (χ4v) is 3.44. The number of primary amides is 1. The molecule has 7 nitrogen and oxygen atoms in total. The van der Waals surface area contributed by atoms with Gasteiger partial charge in [0, 0.05) is 30.4 Å². The minimum atomic E-state index is -4.60. The Kier molecular flexibility index (Phi) is 5.00. The molecule has 0 aliphatic rings. The van der Waals surface area contributed by atoms with Crippen LogP contribution in [-0.4, -0.2) is 30.3 Å². The van der Waals surface area contributed by atoms with Crippen molar-refractivity contribution < 1.29 is 18.0 Å². The molecule has 0 saturated heterocycles. The van der Waals surface area contributed by atoms with Crippen LogP contribution in [0.25, 0.3) is 16.9 Å². The molecular formula is C21H19F3N6O. The number of alkyl halides is 3. The second-order valence-corrected chi connectivity index (χ2v) is 7.29. The van der Waals surface area contributed by atoms with Crippen LogP contribution in [0.5, 0.6) is 0 Å². The normalized spacial score (nSPS) is 11.9. The predicted molar refractivity (Wildman–Crippen MR) is 107 cm³/mol. The average molecular weight is 428 g/mol. The predicted octanol–water partition coefficient (Wildman–Crippen LogP) is 3.34. The number of nitrogens with two attached hydrogens (primary N) is 1. The number of aromatic nitrogens is 5. The van der Waals surface area contributed by atoms with E-state index in [0.29, 0.717) is 35.4 Å². The smallest absolute Gasteiger partial charge is 0.366 e. The highest BCUT2D eigenvalue weighted by atomic mass is 19.4. The quantitative estimate of drug-likeness (QED) is 0.528. The van der Waals surface area contributed by atoms with Crippen LogP contribution >= 0.6 is 0 Å². The summed E-state index contributed by atoms with van der Waals surface area (Å²) in [5.74, 6) is -0.516. The summed E-state index contributed by atoms with van der Waals surface area (Å²) in [7, 11) is 1.70. The third-order valence-corrected chi connectivity index (χ3v) is 4.97. The van der Waals surface area contributed by atoms with Crippen molar-refractivity contribution in [1.29, 1.82) is 0 Å². The third kappa shape index (κ3) is 4.14. The van der Waals surface area contributed by atoms with Crippen molar-refractivity contribution in [2.24, 2.45) is 12.8 Å². The van der Waals surface area contributed by atoms with E-state index in [2.05, 4.69) is 15.2 Å². The number of aryl methyl sites for hydroxylation is 4. The maximum Gasteiger partial charge on any atom is 0.433 e. The first-order valence-electron chi connectivity index (χ1n) is 9.48. The van der Waals surface area contributed by atoms with Gasteiger partial charge in [-0.2, -0.15) is 23.4 Å². The van der Waals surface area contributed by atoms with Gasteiger partial charge in [-0.05, 0) is 43.5 Å². The minimum Gasteiger partial charge on any atom is -0.366 e. The molecule has 1 aromatic carbocycles. The van der Waals surface area contributed by atoms with Crippen molar-refractivity contribution >= 4 is 11.6 Å². The van der Waals surface area contributed by atoms with Crippen molar-refractivity contribution in [3.05, 3.63) is 70.8 Å². The van der Waals surface area contributed by atoms with Gasteiger partial charge in [0.1, 0.15) is 0 Å². The van der Waals surface area contributed by atoms with E-state index < -0.39 is 17.8 Å². The van der Waals surface area contributed by atoms with E-state index in [0.717, 1.165) is 16.1 Å². The van der Waals surface area contributed by atoms with E-state index >= 15 is 0 Å². The Bertz CT molecular complexity index is 1270. The van der Waals surface area contributed by atoms with Gasteiger partial charge in [-0.15, -0.1) is 0 Å². The average Bonchev–Trinajstić information content (AvgIpc) is 3.26. The number of rotatable bonds is 5. The third-order valence-electron chi connectivity index (χ3n) is 4.97. The van der Waals surface area contributed by atoms with Gasteiger partial charge in [0.25, 0.3) is 0 Å². The molecule has 0 spiro atoms. The monoisotopic (exact) mass is 428 g/mol. The Morgan fingerprint density at radius 1 is 1.10 bits per heavy atom. The maximum atomic E-state index is 13.7. The van der Waals surface area contributed by atoms with Crippen LogP contribution in [0.2, 0.25) is 0 Å². The molecule has 2 N–H and O–H groups in total. The number of halogens is 3. The van der Waals surface area contributed by atoms with Crippen LogP contribution in [-0.2, 0) is 26.1 Å². The van der Waals surface area contributed by atoms with E-state index in [4.69, 9.17) is 5.73 Å². The van der Waals surface area contributed by atoms with E-state index in [1.807, 2.05) is 0 Å². The molecule has 3 aromatic heterocycles. The van der Waals surface area contributed by atoms with Gasteiger partial charge in [-0.3, -0.25) is 9.48 Å². The lowest BCUT2D eigenvalue weighted by Crippen LogP contribution is -2.14. The molecule has 31 heavy (non-hydrogen) atoms. The van der Waals surface area contributed by atoms with Crippen molar-refractivity contribution in [2.75, 3.05) is 0 Å². The zero-order valence-electron chi connectivity index (χ0n) is 16.8. The number of carbonyl (C=O) groups is 1. The standard InChI is InChI=1S/C21H19F3N6O/c1-12-16(11-29(2)27-12)17-10-18(21(22,23)24)30-19(26-17)9-15(28-30)8-5-13-3-6-14(7-4-13)20(25)31/h3-4,6-7,9-11H,5,8H2,1-2H3,(H2,25,31). The van der Waals surface area contributed by atoms with Gasteiger partial charge >= 0.3 is 6.18 Å². The molecule has 4 rings (SSSR count). The molecule has 3 heterocycles. The zero-order chi connectivity index (χ0) is 22.3. The Morgan fingerprint density at radius 2 is 1.81 bits per heavy atom. The molecule has 0 unspecified atom stereocenters. The van der Waals surface area contributed by atoms with Gasteiger partial charge in [0.15, 0.2) is 11.3 Å². The Labute approximate surface area is 175 Å². The molecule has 0 aliphatic heterocycles. The number of nitrogens with zero attached hydrogens (tertiary/aromatic N) is 5. The van der Waals surface area contributed by atoms with Crippen LogP contribution < -0.4 is 5.73 Å². The molecule has 0 atom stereocenters. The molecule has 0 bridgehead atoms. The minimum absolute atomic E-state index is 0.118. The number of carbonyl (C=O) groups excluding carboxylic acids is 1. The molecule has 4 aromatic rings. The van der Waals surface area contributed by atoms with Gasteiger partial charge in [-0.25, -0.2) is 9.50 Å². The molecule has 0 aliphatic carbocycles. The Balaban J connectivity index is 1.68. The highest BCUT2D eigenvalue weighted by Gasteiger charge is 2.35. The SMILES string of the molecule is Cc1nn(C)cc1-c1cc(C(F)(F)F)n2nc(CCc3ccc(C(N)=O)cc3)cc2n1. The topological polar surface area (TPSA) is 91.1 Å². The van der Waals surface area contributed by atoms with Crippen molar-refractivity contribution in [1.82, 2.24) is 24.4 Å². The van der Waals surface area contributed by atoms with Gasteiger partial charge in [0.2, 0.25) is 5.91 Å². The highest BCUT2D eigenvalue weighted by Crippen LogP contribution is 2.33. The fourth-order valence-electron chi connectivity index (χ4n) is 3.44. The fraction of sp³-hybridized carbons (Fsp3) is 0.238. The number of benzene rings is 1. The molecular weight excluding hydrogens is 409 g/mol. The first-order chi connectivity index (χ1) is 14.6. The summed E-state index contributed by atoms with van der Waals surface area (Å²) in [6.07, 6.45) is -2.00.